The number of nitrogens with zero attached hydrogens (tertiary/aromatic N) is 2. The second-order valence-electron chi connectivity index (χ2n) is 20.3. The van der Waals surface area contributed by atoms with E-state index in [2.05, 4.69) is 27.7 Å². The Bertz CT molecular complexity index is 928. The largest absolute Gasteiger partial charge is 0.238 e. The predicted molar refractivity (Wildman–Crippen MR) is 277 cm³/mol. The summed E-state index contributed by atoms with van der Waals surface area (Å²) < 4.78 is 0. The molecule has 0 fully saturated rings. The summed E-state index contributed by atoms with van der Waals surface area (Å²) in [5.74, 6) is 1.02. The minimum atomic E-state index is 1.02. The Balaban J connectivity index is 2.37. The van der Waals surface area contributed by atoms with Crippen LogP contribution in [0.5, 0.6) is 0 Å². The second-order valence-corrected chi connectivity index (χ2v) is 20.3. The van der Waals surface area contributed by atoms with Gasteiger partial charge in [0.1, 0.15) is 5.82 Å². The van der Waals surface area contributed by atoms with Crippen molar-refractivity contribution in [1.29, 1.82) is 0 Å². The van der Waals surface area contributed by atoms with Crippen LogP contribution >= 0.6 is 0 Å². The summed E-state index contributed by atoms with van der Waals surface area (Å²) in [6.07, 6.45) is 72.3. The molecule has 0 N–H and O–H groups in total. The molecule has 1 aromatic heterocycles. The van der Waals surface area contributed by atoms with Gasteiger partial charge in [-0.1, -0.05) is 310 Å². The van der Waals surface area contributed by atoms with Gasteiger partial charge in [0.05, 0.1) is 0 Å². The van der Waals surface area contributed by atoms with Gasteiger partial charge in [-0.25, -0.2) is 9.97 Å². The average Bonchev–Trinajstić information content (AvgIpc) is 3.26. The Morgan fingerprint density at radius 3 is 0.574 bits per heavy atom. The molecule has 360 valence electrons. The van der Waals surface area contributed by atoms with E-state index in [-0.39, 0.29) is 0 Å². The first-order valence-electron chi connectivity index (χ1n) is 29.1. The number of hydrogen-bond acceptors (Lipinski definition) is 2. The lowest BCUT2D eigenvalue weighted by Crippen LogP contribution is -2.09. The zero-order valence-electron chi connectivity index (χ0n) is 43.0. The topological polar surface area (TPSA) is 25.8 Å². The molecule has 0 aliphatic carbocycles. The number of aryl methyl sites for hydroxylation is 3. The van der Waals surface area contributed by atoms with Gasteiger partial charge in [0.15, 0.2) is 0 Å². The maximum atomic E-state index is 5.15. The van der Waals surface area contributed by atoms with E-state index in [9.17, 15) is 0 Å². The van der Waals surface area contributed by atoms with Crippen molar-refractivity contribution < 1.29 is 0 Å². The molecule has 1 heterocycles. The van der Waals surface area contributed by atoms with E-state index >= 15 is 0 Å². The van der Waals surface area contributed by atoms with Crippen LogP contribution in [0.15, 0.2) is 0 Å². The Morgan fingerprint density at radius 2 is 0.377 bits per heavy atom. The van der Waals surface area contributed by atoms with Crippen molar-refractivity contribution in [3.8, 4) is 0 Å². The quantitative estimate of drug-likeness (QED) is 0.0610. The molecule has 2 nitrogen and oxygen atoms in total. The molecule has 0 atom stereocenters. The molecule has 61 heavy (non-hydrogen) atoms. The van der Waals surface area contributed by atoms with E-state index in [4.69, 9.17) is 9.97 Å². The maximum absolute atomic E-state index is 5.15. The van der Waals surface area contributed by atoms with Gasteiger partial charge in [0, 0.05) is 11.4 Å². The van der Waals surface area contributed by atoms with E-state index in [1.54, 1.807) is 5.56 Å². The maximum Gasteiger partial charge on any atom is 0.125 e. The molecule has 2 heteroatoms. The summed E-state index contributed by atoms with van der Waals surface area (Å²) in [5, 5.41) is 0. The molecule has 0 unspecified atom stereocenters. The molecule has 0 aliphatic heterocycles. The molecule has 0 saturated heterocycles. The Morgan fingerprint density at radius 1 is 0.213 bits per heavy atom. The summed E-state index contributed by atoms with van der Waals surface area (Å²) >= 11 is 0. The van der Waals surface area contributed by atoms with Crippen LogP contribution in [0.1, 0.15) is 352 Å². The average molecular weight is 852 g/mol. The van der Waals surface area contributed by atoms with E-state index in [0.29, 0.717) is 0 Å². The monoisotopic (exact) mass is 851 g/mol. The number of unbranched alkanes of at least 4 members (excludes halogenated alkanes) is 45. The van der Waals surface area contributed by atoms with Crippen LogP contribution in [-0.4, -0.2) is 9.97 Å². The molecule has 0 amide bonds. The van der Waals surface area contributed by atoms with Crippen LogP contribution in [0.25, 0.3) is 0 Å². The molecule has 1 aromatic rings. The normalized spacial score (nSPS) is 11.7. The fraction of sp³-hybridized carbons (Fsp3) is 0.932. The Kier molecular flexibility index (Phi) is 46.2. The van der Waals surface area contributed by atoms with Crippen LogP contribution < -0.4 is 0 Å². The van der Waals surface area contributed by atoms with Gasteiger partial charge in [0.2, 0.25) is 0 Å². The lowest BCUT2D eigenvalue weighted by Gasteiger charge is -2.15. The zero-order valence-corrected chi connectivity index (χ0v) is 43.0. The zero-order chi connectivity index (χ0) is 43.8. The number of rotatable bonds is 51. The van der Waals surface area contributed by atoms with E-state index < -0.39 is 0 Å². The standard InChI is InChI=1S/C59H114N2/c1-5-8-11-14-17-20-23-26-29-32-35-38-41-44-47-50-53-57-58(54-51-48-45-42-39-36-33-30-27-24-21-18-15-12-9-6-2)60-56(4)61-59(57)55-52-49-46-43-40-37-34-31-28-25-22-19-16-13-10-7-3/h5-55H2,1-4H3. The van der Waals surface area contributed by atoms with Crippen LogP contribution in [0.3, 0.4) is 0 Å². The Hall–Kier alpha value is -0.920. The first-order valence-corrected chi connectivity index (χ1v) is 29.1. The van der Waals surface area contributed by atoms with Crippen molar-refractivity contribution in [2.45, 2.75) is 355 Å². The number of hydrogen-bond donors (Lipinski definition) is 0. The second kappa shape index (κ2) is 48.5. The third-order valence-electron chi connectivity index (χ3n) is 14.1. The van der Waals surface area contributed by atoms with Gasteiger partial charge in [0.25, 0.3) is 0 Å². The highest BCUT2D eigenvalue weighted by atomic mass is 14.9. The summed E-state index contributed by atoms with van der Waals surface area (Å²) in [5.41, 5.74) is 4.41. The lowest BCUT2D eigenvalue weighted by molar-refractivity contribution is 0.526. The first-order chi connectivity index (χ1) is 30.2. The molecular weight excluding hydrogens is 737 g/mol. The molecule has 0 saturated carbocycles. The fourth-order valence-corrected chi connectivity index (χ4v) is 9.95. The van der Waals surface area contributed by atoms with Gasteiger partial charge >= 0.3 is 0 Å². The molecule has 1 rings (SSSR count). The molecule has 0 bridgehead atoms. The summed E-state index contributed by atoms with van der Waals surface area (Å²) in [6.45, 7) is 9.11. The number of aromatic nitrogens is 2. The minimum absolute atomic E-state index is 1.02. The molecular formula is C59H114N2. The third kappa shape index (κ3) is 40.3. The van der Waals surface area contributed by atoms with Gasteiger partial charge in [-0.05, 0) is 51.0 Å². The summed E-state index contributed by atoms with van der Waals surface area (Å²) in [6, 6.07) is 0. The highest BCUT2D eigenvalue weighted by Gasteiger charge is 2.13. The van der Waals surface area contributed by atoms with Crippen molar-refractivity contribution in [1.82, 2.24) is 9.97 Å². The van der Waals surface area contributed by atoms with Gasteiger partial charge in [-0.3, -0.25) is 0 Å². The van der Waals surface area contributed by atoms with Crippen LogP contribution in [-0.2, 0) is 19.3 Å². The predicted octanol–water partition coefficient (Wildman–Crippen LogP) is 21.2. The lowest BCUT2D eigenvalue weighted by atomic mass is 9.96. The highest BCUT2D eigenvalue weighted by Crippen LogP contribution is 2.23. The van der Waals surface area contributed by atoms with Crippen LogP contribution in [0.4, 0.5) is 0 Å². The van der Waals surface area contributed by atoms with Crippen molar-refractivity contribution >= 4 is 0 Å². The molecule has 0 aliphatic rings. The Labute approximate surface area is 386 Å². The van der Waals surface area contributed by atoms with E-state index in [1.165, 1.54) is 339 Å². The van der Waals surface area contributed by atoms with Crippen molar-refractivity contribution in [3.05, 3.63) is 22.8 Å². The smallest absolute Gasteiger partial charge is 0.125 e. The van der Waals surface area contributed by atoms with Crippen molar-refractivity contribution in [3.63, 3.8) is 0 Å². The molecule has 0 spiro atoms. The SMILES string of the molecule is CCCCCCCCCCCCCCCCCCc1nc(C)nc(CCCCCCCCCCCCCCCCCC)c1CCCCCCCCCCCCCCCCCC. The molecule has 0 aromatic carbocycles. The van der Waals surface area contributed by atoms with Gasteiger partial charge < -0.3 is 0 Å². The third-order valence-corrected chi connectivity index (χ3v) is 14.1. The minimum Gasteiger partial charge on any atom is -0.238 e. The molecule has 0 radical (unpaired) electrons. The van der Waals surface area contributed by atoms with E-state index in [0.717, 1.165) is 5.82 Å². The van der Waals surface area contributed by atoms with Crippen LogP contribution in [0.2, 0.25) is 0 Å². The van der Waals surface area contributed by atoms with Crippen molar-refractivity contribution in [2.24, 2.45) is 0 Å². The highest BCUT2D eigenvalue weighted by molar-refractivity contribution is 5.27. The first kappa shape index (κ1) is 58.1. The summed E-state index contributed by atoms with van der Waals surface area (Å²) in [7, 11) is 0. The summed E-state index contributed by atoms with van der Waals surface area (Å²) in [4.78, 5) is 10.3. The van der Waals surface area contributed by atoms with Crippen LogP contribution in [0, 0.1) is 6.92 Å². The fourth-order valence-electron chi connectivity index (χ4n) is 9.95. The van der Waals surface area contributed by atoms with Gasteiger partial charge in [-0.15, -0.1) is 0 Å². The van der Waals surface area contributed by atoms with Crippen molar-refractivity contribution in [2.75, 3.05) is 0 Å². The van der Waals surface area contributed by atoms with E-state index in [1.807, 2.05) is 0 Å². The van der Waals surface area contributed by atoms with Gasteiger partial charge in [-0.2, -0.15) is 0 Å².